The van der Waals surface area contributed by atoms with Crippen molar-refractivity contribution in [1.29, 1.82) is 5.26 Å². The van der Waals surface area contributed by atoms with Crippen molar-refractivity contribution < 1.29 is 0 Å². The number of anilines is 1. The maximum absolute atomic E-state index is 8.85. The zero-order valence-corrected chi connectivity index (χ0v) is 10.8. The zero-order valence-electron chi connectivity index (χ0n) is 9.95. The highest BCUT2D eigenvalue weighted by Crippen LogP contribution is 2.12. The molecule has 0 amide bonds. The van der Waals surface area contributed by atoms with Crippen molar-refractivity contribution in [3.05, 3.63) is 23.4 Å². The number of aromatic nitrogens is 1. The van der Waals surface area contributed by atoms with E-state index in [1.165, 1.54) is 0 Å². The second-order valence-electron chi connectivity index (χ2n) is 3.82. The lowest BCUT2D eigenvalue weighted by Crippen LogP contribution is -2.17. The average molecular weight is 235 g/mol. The summed E-state index contributed by atoms with van der Waals surface area (Å²) in [6, 6.07) is 6.11. The van der Waals surface area contributed by atoms with Crippen LogP contribution in [0.25, 0.3) is 0 Å². The summed E-state index contributed by atoms with van der Waals surface area (Å²) in [5, 5.41) is 12.2. The molecule has 1 unspecified atom stereocenters. The van der Waals surface area contributed by atoms with Crippen LogP contribution in [0.15, 0.2) is 12.1 Å². The van der Waals surface area contributed by atoms with Crippen LogP contribution in [0.1, 0.15) is 24.6 Å². The summed E-state index contributed by atoms with van der Waals surface area (Å²) in [5.74, 6) is 1.93. The molecule has 16 heavy (non-hydrogen) atoms. The maximum Gasteiger partial charge on any atom is 0.127 e. The number of nitriles is 1. The molecule has 0 aliphatic carbocycles. The molecule has 1 aromatic rings. The van der Waals surface area contributed by atoms with Crippen LogP contribution < -0.4 is 5.32 Å². The summed E-state index contributed by atoms with van der Waals surface area (Å²) >= 11 is 1.84. The number of pyridine rings is 1. The van der Waals surface area contributed by atoms with Crippen LogP contribution >= 0.6 is 11.8 Å². The molecule has 0 bridgehead atoms. The van der Waals surface area contributed by atoms with E-state index in [9.17, 15) is 0 Å². The second kappa shape index (κ2) is 6.39. The van der Waals surface area contributed by atoms with Gasteiger partial charge in [-0.1, -0.05) is 0 Å². The topological polar surface area (TPSA) is 48.7 Å². The van der Waals surface area contributed by atoms with Gasteiger partial charge in [-0.15, -0.1) is 0 Å². The van der Waals surface area contributed by atoms with E-state index in [2.05, 4.69) is 29.5 Å². The Bertz CT molecular complexity index is 384. The predicted molar refractivity (Wildman–Crippen MR) is 69.8 cm³/mol. The SMILES string of the molecule is CSCCC(C)Nc1cc(C#N)cc(C)n1. The molecular weight excluding hydrogens is 218 g/mol. The molecule has 1 heterocycles. The Morgan fingerprint density at radius 3 is 2.94 bits per heavy atom. The summed E-state index contributed by atoms with van der Waals surface area (Å²) in [6.07, 6.45) is 3.20. The van der Waals surface area contributed by atoms with Crippen molar-refractivity contribution in [2.75, 3.05) is 17.3 Å². The van der Waals surface area contributed by atoms with E-state index in [0.29, 0.717) is 11.6 Å². The van der Waals surface area contributed by atoms with E-state index in [1.54, 1.807) is 12.1 Å². The highest BCUT2D eigenvalue weighted by atomic mass is 32.2. The van der Waals surface area contributed by atoms with Gasteiger partial charge >= 0.3 is 0 Å². The number of nitrogens with one attached hydrogen (secondary N) is 1. The van der Waals surface area contributed by atoms with Crippen LogP contribution in [-0.4, -0.2) is 23.0 Å². The third-order valence-electron chi connectivity index (χ3n) is 2.23. The first kappa shape index (κ1) is 12.9. The molecule has 1 aromatic heterocycles. The summed E-state index contributed by atoms with van der Waals surface area (Å²) in [6.45, 7) is 4.03. The fourth-order valence-corrected chi connectivity index (χ4v) is 2.02. The third kappa shape index (κ3) is 4.11. The van der Waals surface area contributed by atoms with Gasteiger partial charge in [-0.3, -0.25) is 0 Å². The quantitative estimate of drug-likeness (QED) is 0.852. The number of rotatable bonds is 5. The Hall–Kier alpha value is -1.21. The van der Waals surface area contributed by atoms with Crippen molar-refractivity contribution in [3.8, 4) is 6.07 Å². The largest absolute Gasteiger partial charge is 0.368 e. The standard InChI is InChI=1S/C12H17N3S/c1-9(4-5-16-3)14-12-7-11(8-13)6-10(2)15-12/h6-7,9H,4-5H2,1-3H3,(H,14,15). The number of thioether (sulfide) groups is 1. The van der Waals surface area contributed by atoms with Crippen molar-refractivity contribution >= 4 is 17.6 Å². The summed E-state index contributed by atoms with van der Waals surface area (Å²) in [5.41, 5.74) is 1.53. The highest BCUT2D eigenvalue weighted by Gasteiger charge is 2.04. The van der Waals surface area contributed by atoms with Gasteiger partial charge in [0.1, 0.15) is 5.82 Å². The average Bonchev–Trinajstić information content (AvgIpc) is 2.25. The molecule has 0 aromatic carbocycles. The molecule has 0 aliphatic heterocycles. The predicted octanol–water partition coefficient (Wildman–Crippen LogP) is 2.82. The molecule has 0 spiro atoms. The second-order valence-corrected chi connectivity index (χ2v) is 4.81. The first-order chi connectivity index (χ1) is 7.65. The molecule has 3 nitrogen and oxygen atoms in total. The van der Waals surface area contributed by atoms with Crippen molar-refractivity contribution in [2.24, 2.45) is 0 Å². The molecule has 0 fully saturated rings. The fourth-order valence-electron chi connectivity index (χ4n) is 1.43. The van der Waals surface area contributed by atoms with Crippen LogP contribution in [0.5, 0.6) is 0 Å². The van der Waals surface area contributed by atoms with Crippen LogP contribution in [0, 0.1) is 18.3 Å². The molecule has 86 valence electrons. The first-order valence-electron chi connectivity index (χ1n) is 5.30. The molecule has 0 radical (unpaired) electrons. The lowest BCUT2D eigenvalue weighted by atomic mass is 10.2. The van der Waals surface area contributed by atoms with Gasteiger partial charge in [-0.2, -0.15) is 17.0 Å². The van der Waals surface area contributed by atoms with Gasteiger partial charge in [0.2, 0.25) is 0 Å². The first-order valence-corrected chi connectivity index (χ1v) is 6.69. The van der Waals surface area contributed by atoms with Gasteiger partial charge in [0.15, 0.2) is 0 Å². The molecule has 1 atom stereocenters. The Balaban J connectivity index is 2.66. The van der Waals surface area contributed by atoms with Crippen molar-refractivity contribution in [2.45, 2.75) is 26.3 Å². The Kier molecular flexibility index (Phi) is 5.13. The minimum atomic E-state index is 0.383. The molecule has 1 rings (SSSR count). The summed E-state index contributed by atoms with van der Waals surface area (Å²) in [7, 11) is 0. The third-order valence-corrected chi connectivity index (χ3v) is 2.88. The van der Waals surface area contributed by atoms with Gasteiger partial charge in [-0.25, -0.2) is 4.98 Å². The van der Waals surface area contributed by atoms with Crippen molar-refractivity contribution in [1.82, 2.24) is 4.98 Å². The zero-order chi connectivity index (χ0) is 12.0. The van der Waals surface area contributed by atoms with E-state index >= 15 is 0 Å². The Morgan fingerprint density at radius 1 is 1.56 bits per heavy atom. The number of hydrogen-bond acceptors (Lipinski definition) is 4. The molecule has 0 saturated carbocycles. The monoisotopic (exact) mass is 235 g/mol. The Morgan fingerprint density at radius 2 is 2.31 bits per heavy atom. The van der Waals surface area contributed by atoms with Gasteiger partial charge < -0.3 is 5.32 Å². The van der Waals surface area contributed by atoms with Crippen LogP contribution in [0.4, 0.5) is 5.82 Å². The minimum absolute atomic E-state index is 0.383. The van der Waals surface area contributed by atoms with Gasteiger partial charge in [0.05, 0.1) is 11.6 Å². The fraction of sp³-hybridized carbons (Fsp3) is 0.500. The van der Waals surface area contributed by atoms with E-state index in [-0.39, 0.29) is 0 Å². The lowest BCUT2D eigenvalue weighted by Gasteiger charge is -2.14. The van der Waals surface area contributed by atoms with E-state index in [4.69, 9.17) is 5.26 Å². The van der Waals surface area contributed by atoms with Crippen LogP contribution in [-0.2, 0) is 0 Å². The van der Waals surface area contributed by atoms with E-state index in [1.807, 2.05) is 18.7 Å². The highest BCUT2D eigenvalue weighted by molar-refractivity contribution is 7.98. The maximum atomic E-state index is 8.85. The molecule has 1 N–H and O–H groups in total. The smallest absolute Gasteiger partial charge is 0.127 e. The lowest BCUT2D eigenvalue weighted by molar-refractivity contribution is 0.766. The summed E-state index contributed by atoms with van der Waals surface area (Å²) in [4.78, 5) is 4.36. The minimum Gasteiger partial charge on any atom is -0.368 e. The molecule has 0 saturated heterocycles. The van der Waals surface area contributed by atoms with E-state index in [0.717, 1.165) is 23.7 Å². The van der Waals surface area contributed by atoms with Gasteiger partial charge in [0, 0.05) is 11.7 Å². The molecule has 4 heteroatoms. The van der Waals surface area contributed by atoms with Crippen molar-refractivity contribution in [3.63, 3.8) is 0 Å². The number of nitrogens with zero attached hydrogens (tertiary/aromatic N) is 2. The van der Waals surface area contributed by atoms with Crippen LogP contribution in [0.2, 0.25) is 0 Å². The Labute approximate surface area is 101 Å². The van der Waals surface area contributed by atoms with E-state index < -0.39 is 0 Å². The van der Waals surface area contributed by atoms with Gasteiger partial charge in [0.25, 0.3) is 0 Å². The molecule has 0 aliphatic rings. The number of aryl methyl sites for hydroxylation is 1. The summed E-state index contributed by atoms with van der Waals surface area (Å²) < 4.78 is 0. The van der Waals surface area contributed by atoms with Gasteiger partial charge in [-0.05, 0) is 44.4 Å². The number of hydrogen-bond donors (Lipinski definition) is 1. The normalized spacial score (nSPS) is 11.9. The van der Waals surface area contributed by atoms with Crippen LogP contribution in [0.3, 0.4) is 0 Å². The molecular formula is C12H17N3S.